The van der Waals surface area contributed by atoms with Crippen molar-refractivity contribution in [2.75, 3.05) is 13.7 Å². The number of methoxy groups -OCH3 is 1. The lowest BCUT2D eigenvalue weighted by Crippen LogP contribution is -2.32. The number of nitrogens with one attached hydrogen (secondary N) is 2. The monoisotopic (exact) mass is 366 g/mol. The third-order valence-electron chi connectivity index (χ3n) is 4.92. The zero-order valence-corrected chi connectivity index (χ0v) is 15.7. The predicted octanol–water partition coefficient (Wildman–Crippen LogP) is 3.40. The van der Waals surface area contributed by atoms with Crippen LogP contribution < -0.4 is 15.4 Å². The molecule has 2 amide bonds. The molecule has 27 heavy (non-hydrogen) atoms. The standard InChI is InChI=1S/C22H26N2O3/c1-27-18-13-11-17(12-14-18)22(26)23-15-5-10-21(25)24-20-9-4-7-16-6-2-3-8-19(16)20/h2-3,6,8,11-14,20H,4-5,7,9-10,15H2,1H3,(H,23,26)(H,24,25). The van der Waals surface area contributed by atoms with Crippen LogP contribution in [-0.4, -0.2) is 25.5 Å². The van der Waals surface area contributed by atoms with Gasteiger partial charge in [-0.05, 0) is 61.1 Å². The Bertz CT molecular complexity index is 786. The Morgan fingerprint density at radius 1 is 1.11 bits per heavy atom. The fourth-order valence-corrected chi connectivity index (χ4v) is 3.47. The van der Waals surface area contributed by atoms with Crippen LogP contribution in [0.4, 0.5) is 0 Å². The van der Waals surface area contributed by atoms with E-state index in [1.54, 1.807) is 31.4 Å². The van der Waals surface area contributed by atoms with Crippen molar-refractivity contribution in [3.05, 3.63) is 65.2 Å². The van der Waals surface area contributed by atoms with Gasteiger partial charge in [-0.25, -0.2) is 0 Å². The van der Waals surface area contributed by atoms with Crippen molar-refractivity contribution in [1.82, 2.24) is 10.6 Å². The molecule has 142 valence electrons. The highest BCUT2D eigenvalue weighted by Crippen LogP contribution is 2.29. The number of benzene rings is 2. The summed E-state index contributed by atoms with van der Waals surface area (Å²) in [7, 11) is 1.59. The second-order valence-corrected chi connectivity index (χ2v) is 6.80. The normalized spacial score (nSPS) is 15.5. The molecule has 0 radical (unpaired) electrons. The van der Waals surface area contributed by atoms with Crippen LogP contribution in [0.5, 0.6) is 5.75 Å². The van der Waals surface area contributed by atoms with Gasteiger partial charge < -0.3 is 15.4 Å². The van der Waals surface area contributed by atoms with Gasteiger partial charge in [0.15, 0.2) is 0 Å². The zero-order valence-electron chi connectivity index (χ0n) is 15.7. The van der Waals surface area contributed by atoms with Crippen LogP contribution in [0.1, 0.15) is 53.2 Å². The van der Waals surface area contributed by atoms with E-state index < -0.39 is 0 Å². The molecule has 1 atom stereocenters. The van der Waals surface area contributed by atoms with E-state index in [4.69, 9.17) is 4.74 Å². The zero-order chi connectivity index (χ0) is 19.1. The van der Waals surface area contributed by atoms with Crippen LogP contribution in [-0.2, 0) is 11.2 Å². The summed E-state index contributed by atoms with van der Waals surface area (Å²) < 4.78 is 5.08. The third kappa shape index (κ3) is 5.09. The van der Waals surface area contributed by atoms with E-state index in [0.717, 1.165) is 19.3 Å². The molecule has 0 spiro atoms. The number of carbonyl (C=O) groups is 2. The number of fused-ring (bicyclic) bond motifs is 1. The lowest BCUT2D eigenvalue weighted by atomic mass is 9.87. The van der Waals surface area contributed by atoms with Crippen LogP contribution in [0.15, 0.2) is 48.5 Å². The first kappa shape index (κ1) is 19.0. The molecule has 3 rings (SSSR count). The second kappa shape index (κ2) is 9.21. The number of carbonyl (C=O) groups excluding carboxylic acids is 2. The first-order valence-corrected chi connectivity index (χ1v) is 9.47. The van der Waals surface area contributed by atoms with Crippen molar-refractivity contribution in [2.24, 2.45) is 0 Å². The molecule has 1 unspecified atom stereocenters. The lowest BCUT2D eigenvalue weighted by molar-refractivity contribution is -0.122. The minimum atomic E-state index is -0.140. The van der Waals surface area contributed by atoms with Crippen molar-refractivity contribution in [3.8, 4) is 5.75 Å². The Kier molecular flexibility index (Phi) is 6.47. The van der Waals surface area contributed by atoms with Crippen LogP contribution in [0.3, 0.4) is 0 Å². The Morgan fingerprint density at radius 2 is 1.89 bits per heavy atom. The minimum Gasteiger partial charge on any atom is -0.497 e. The first-order chi connectivity index (χ1) is 13.2. The topological polar surface area (TPSA) is 67.4 Å². The molecule has 2 aromatic rings. The maximum atomic E-state index is 12.3. The van der Waals surface area contributed by atoms with E-state index in [9.17, 15) is 9.59 Å². The molecule has 0 fully saturated rings. The van der Waals surface area contributed by atoms with Crippen LogP contribution in [0.25, 0.3) is 0 Å². The number of ether oxygens (including phenoxy) is 1. The van der Waals surface area contributed by atoms with Crippen molar-refractivity contribution >= 4 is 11.8 Å². The van der Waals surface area contributed by atoms with Crippen molar-refractivity contribution < 1.29 is 14.3 Å². The molecule has 0 aromatic heterocycles. The molecular formula is C22H26N2O3. The molecule has 1 aliphatic carbocycles. The number of hydrogen-bond donors (Lipinski definition) is 2. The molecule has 1 aliphatic rings. The summed E-state index contributed by atoms with van der Waals surface area (Å²) in [6.45, 7) is 0.472. The molecule has 0 bridgehead atoms. The van der Waals surface area contributed by atoms with E-state index in [1.165, 1.54) is 11.1 Å². The highest BCUT2D eigenvalue weighted by atomic mass is 16.5. The van der Waals surface area contributed by atoms with Gasteiger partial charge in [0.2, 0.25) is 5.91 Å². The van der Waals surface area contributed by atoms with Gasteiger partial charge in [-0.15, -0.1) is 0 Å². The molecule has 0 saturated carbocycles. The maximum absolute atomic E-state index is 12.3. The van der Waals surface area contributed by atoms with E-state index >= 15 is 0 Å². The number of aryl methyl sites for hydroxylation is 1. The van der Waals surface area contributed by atoms with Crippen LogP contribution in [0, 0.1) is 0 Å². The summed E-state index contributed by atoms with van der Waals surface area (Å²) in [5.74, 6) is 0.613. The van der Waals surface area contributed by atoms with Crippen molar-refractivity contribution in [1.29, 1.82) is 0 Å². The highest BCUT2D eigenvalue weighted by molar-refractivity contribution is 5.94. The average Bonchev–Trinajstić information content (AvgIpc) is 2.71. The fourth-order valence-electron chi connectivity index (χ4n) is 3.47. The average molecular weight is 366 g/mol. The Balaban J connectivity index is 1.40. The van der Waals surface area contributed by atoms with Crippen molar-refractivity contribution in [2.45, 2.75) is 38.1 Å². The highest BCUT2D eigenvalue weighted by Gasteiger charge is 2.21. The maximum Gasteiger partial charge on any atom is 0.251 e. The summed E-state index contributed by atoms with van der Waals surface area (Å²) in [4.78, 5) is 24.4. The van der Waals surface area contributed by atoms with Gasteiger partial charge in [0.1, 0.15) is 5.75 Å². The number of amides is 2. The van der Waals surface area contributed by atoms with Gasteiger partial charge in [-0.2, -0.15) is 0 Å². The molecular weight excluding hydrogens is 340 g/mol. The van der Waals surface area contributed by atoms with Gasteiger partial charge in [0, 0.05) is 18.5 Å². The van der Waals surface area contributed by atoms with E-state index in [2.05, 4.69) is 28.8 Å². The molecule has 5 heteroatoms. The molecule has 5 nitrogen and oxygen atoms in total. The molecule has 2 N–H and O–H groups in total. The summed E-state index contributed by atoms with van der Waals surface area (Å²) in [5.41, 5.74) is 3.16. The van der Waals surface area contributed by atoms with Gasteiger partial charge >= 0.3 is 0 Å². The SMILES string of the molecule is COc1ccc(C(=O)NCCCC(=O)NC2CCCc3ccccc32)cc1. The summed E-state index contributed by atoms with van der Waals surface area (Å²) in [5, 5.41) is 5.99. The molecule has 0 aliphatic heterocycles. The summed E-state index contributed by atoms with van der Waals surface area (Å²) in [6.07, 6.45) is 4.18. The first-order valence-electron chi connectivity index (χ1n) is 9.47. The largest absolute Gasteiger partial charge is 0.497 e. The fraction of sp³-hybridized carbons (Fsp3) is 0.364. The second-order valence-electron chi connectivity index (χ2n) is 6.80. The summed E-state index contributed by atoms with van der Waals surface area (Å²) in [6, 6.07) is 15.4. The predicted molar refractivity (Wildman–Crippen MR) is 105 cm³/mol. The van der Waals surface area contributed by atoms with Crippen molar-refractivity contribution in [3.63, 3.8) is 0 Å². The molecule has 2 aromatic carbocycles. The van der Waals surface area contributed by atoms with E-state index in [-0.39, 0.29) is 17.9 Å². The quantitative estimate of drug-likeness (QED) is 0.738. The minimum absolute atomic E-state index is 0.0374. The molecule has 0 heterocycles. The van der Waals surface area contributed by atoms with E-state index in [0.29, 0.717) is 30.7 Å². The smallest absolute Gasteiger partial charge is 0.251 e. The van der Waals surface area contributed by atoms with E-state index in [1.807, 2.05) is 6.07 Å². The number of rotatable bonds is 7. The third-order valence-corrected chi connectivity index (χ3v) is 4.92. The van der Waals surface area contributed by atoms with Crippen LogP contribution >= 0.6 is 0 Å². The Hall–Kier alpha value is -2.82. The van der Waals surface area contributed by atoms with Gasteiger partial charge in [0.05, 0.1) is 13.2 Å². The summed E-state index contributed by atoms with van der Waals surface area (Å²) >= 11 is 0. The Morgan fingerprint density at radius 3 is 2.67 bits per heavy atom. The van der Waals surface area contributed by atoms with Gasteiger partial charge in [-0.1, -0.05) is 24.3 Å². The number of hydrogen-bond acceptors (Lipinski definition) is 3. The lowest BCUT2D eigenvalue weighted by Gasteiger charge is -2.26. The van der Waals surface area contributed by atoms with Gasteiger partial charge in [-0.3, -0.25) is 9.59 Å². The molecule has 0 saturated heterocycles. The Labute approximate surface area is 160 Å². The van der Waals surface area contributed by atoms with Crippen LogP contribution in [0.2, 0.25) is 0 Å². The van der Waals surface area contributed by atoms with Gasteiger partial charge in [0.25, 0.3) is 5.91 Å².